The van der Waals surface area contributed by atoms with Crippen LogP contribution >= 0.6 is 0 Å². The van der Waals surface area contributed by atoms with E-state index in [2.05, 4.69) is 25.2 Å². The third-order valence-electron chi connectivity index (χ3n) is 4.24. The van der Waals surface area contributed by atoms with Gasteiger partial charge in [-0.05, 0) is 12.8 Å². The zero-order chi connectivity index (χ0) is 20.5. The second kappa shape index (κ2) is 16.9. The first-order valence-corrected chi connectivity index (χ1v) is 11.0. The summed E-state index contributed by atoms with van der Waals surface area (Å²) in [6.45, 7) is 3.88. The summed E-state index contributed by atoms with van der Waals surface area (Å²) in [5.74, 6) is 0. The summed E-state index contributed by atoms with van der Waals surface area (Å²) in [5, 5.41) is 18.4. The van der Waals surface area contributed by atoms with Gasteiger partial charge in [0.1, 0.15) is 12.6 Å². The Morgan fingerprint density at radius 3 is 1.69 bits per heavy atom. The fraction of sp³-hybridized carbons (Fsp3) is 1.00. The number of aliphatic hydroxyl groups excluding tert-OH is 2. The summed E-state index contributed by atoms with van der Waals surface area (Å²) in [7, 11) is 0.659. The van der Waals surface area contributed by atoms with E-state index in [1.807, 2.05) is 0 Å². The van der Waals surface area contributed by atoms with Gasteiger partial charge in [-0.2, -0.15) is 0 Å². The van der Waals surface area contributed by atoms with Gasteiger partial charge in [-0.3, -0.25) is 4.18 Å². The Bertz CT molecular complexity index is 400. The average Bonchev–Trinajstić information content (AvgIpc) is 2.56. The maximum Gasteiger partial charge on any atom is 0.217 e. The normalized spacial score (nSPS) is 13.2. The molecule has 0 fully saturated rings. The van der Waals surface area contributed by atoms with Crippen molar-refractivity contribution in [3.63, 3.8) is 0 Å². The Hall–Kier alpha value is -0.250. The average molecular weight is 400 g/mol. The topological polar surface area (TPSA) is 107 Å². The fourth-order valence-corrected chi connectivity index (χ4v) is 2.75. The van der Waals surface area contributed by atoms with Crippen molar-refractivity contribution in [3.8, 4) is 0 Å². The standard InChI is InChI=1S/C17H38NO2.CH4O4S/c1-4-5-6-7-8-9-10-11-12-13-14-18(2,3)15-17(20)16-19;1-5-6(2,3)4/h17,19-20H,4-16H2,1-3H3;1H3,(H,2,3,4)/q+1;/p-1. The molecular formula is C18H41NO6S. The summed E-state index contributed by atoms with van der Waals surface area (Å²) in [6, 6.07) is 0. The minimum Gasteiger partial charge on any atom is -0.726 e. The van der Waals surface area contributed by atoms with E-state index in [1.54, 1.807) is 0 Å². The van der Waals surface area contributed by atoms with Gasteiger partial charge in [-0.1, -0.05) is 58.3 Å². The van der Waals surface area contributed by atoms with E-state index >= 15 is 0 Å². The Morgan fingerprint density at radius 1 is 0.962 bits per heavy atom. The SMILES string of the molecule is CCCCCCCCCCCC[N+](C)(C)CC(O)CO.COS(=O)(=O)[O-]. The minimum atomic E-state index is -4.41. The molecule has 0 radical (unpaired) electrons. The Morgan fingerprint density at radius 2 is 1.35 bits per heavy atom. The number of unbranched alkanes of at least 4 members (excludes halogenated alkanes) is 9. The first kappa shape index (κ1) is 28.0. The molecule has 160 valence electrons. The van der Waals surface area contributed by atoms with Crippen LogP contribution in [0.2, 0.25) is 0 Å². The molecule has 0 aromatic rings. The molecule has 0 aromatic heterocycles. The molecule has 0 aliphatic heterocycles. The largest absolute Gasteiger partial charge is 0.726 e. The van der Waals surface area contributed by atoms with E-state index in [4.69, 9.17) is 5.11 Å². The van der Waals surface area contributed by atoms with Gasteiger partial charge in [-0.25, -0.2) is 8.42 Å². The van der Waals surface area contributed by atoms with Gasteiger partial charge in [0.2, 0.25) is 10.4 Å². The van der Waals surface area contributed by atoms with Crippen molar-refractivity contribution in [1.29, 1.82) is 0 Å². The number of hydrogen-bond acceptors (Lipinski definition) is 6. The molecular weight excluding hydrogens is 358 g/mol. The molecule has 0 saturated heterocycles. The number of quaternary nitrogens is 1. The van der Waals surface area contributed by atoms with Crippen molar-refractivity contribution in [2.45, 2.75) is 77.2 Å². The molecule has 0 rings (SSSR count). The van der Waals surface area contributed by atoms with Crippen LogP contribution < -0.4 is 0 Å². The number of likely N-dealkylation sites (N-methyl/N-ethyl adjacent to an activating group) is 1. The molecule has 2 N–H and O–H groups in total. The molecule has 0 aliphatic rings. The van der Waals surface area contributed by atoms with Crippen molar-refractivity contribution in [2.24, 2.45) is 0 Å². The van der Waals surface area contributed by atoms with Crippen LogP contribution in [-0.4, -0.2) is 74.7 Å². The van der Waals surface area contributed by atoms with Crippen molar-refractivity contribution < 1.29 is 31.8 Å². The summed E-state index contributed by atoms with van der Waals surface area (Å²) in [5.41, 5.74) is 0. The quantitative estimate of drug-likeness (QED) is 0.190. The van der Waals surface area contributed by atoms with Crippen LogP contribution in [-0.2, 0) is 14.6 Å². The van der Waals surface area contributed by atoms with E-state index in [1.165, 1.54) is 64.2 Å². The molecule has 1 unspecified atom stereocenters. The van der Waals surface area contributed by atoms with E-state index in [0.29, 0.717) is 6.54 Å². The van der Waals surface area contributed by atoms with Crippen LogP contribution in [0.4, 0.5) is 0 Å². The molecule has 7 nitrogen and oxygen atoms in total. The van der Waals surface area contributed by atoms with Crippen LogP contribution in [0.5, 0.6) is 0 Å². The Kier molecular flexibility index (Phi) is 18.2. The smallest absolute Gasteiger partial charge is 0.217 e. The molecule has 0 spiro atoms. The van der Waals surface area contributed by atoms with Crippen LogP contribution in [0.15, 0.2) is 0 Å². The predicted molar refractivity (Wildman–Crippen MR) is 103 cm³/mol. The van der Waals surface area contributed by atoms with Crippen molar-refractivity contribution in [3.05, 3.63) is 0 Å². The molecule has 0 heterocycles. The van der Waals surface area contributed by atoms with Gasteiger partial charge in [0, 0.05) is 0 Å². The lowest BCUT2D eigenvalue weighted by Crippen LogP contribution is -2.46. The molecule has 8 heteroatoms. The lowest BCUT2D eigenvalue weighted by Gasteiger charge is -2.31. The number of rotatable bonds is 15. The first-order chi connectivity index (χ1) is 12.1. The Balaban J connectivity index is 0. The van der Waals surface area contributed by atoms with Crippen LogP contribution in [0.1, 0.15) is 71.1 Å². The summed E-state index contributed by atoms with van der Waals surface area (Å²) in [6.07, 6.45) is 13.0. The molecule has 0 amide bonds. The molecule has 1 atom stereocenters. The maximum absolute atomic E-state index is 9.49. The lowest BCUT2D eigenvalue weighted by molar-refractivity contribution is -0.893. The molecule has 0 bridgehead atoms. The Labute approximate surface area is 160 Å². The highest BCUT2D eigenvalue weighted by Gasteiger charge is 2.19. The number of aliphatic hydroxyl groups is 2. The first-order valence-electron chi connectivity index (χ1n) is 9.70. The van der Waals surface area contributed by atoms with Gasteiger partial charge in [-0.15, -0.1) is 0 Å². The predicted octanol–water partition coefficient (Wildman–Crippen LogP) is 2.43. The van der Waals surface area contributed by atoms with Crippen LogP contribution in [0.3, 0.4) is 0 Å². The third-order valence-corrected chi connectivity index (χ3v) is 4.65. The fourth-order valence-electron chi connectivity index (χ4n) is 2.75. The van der Waals surface area contributed by atoms with Gasteiger partial charge in [0.25, 0.3) is 0 Å². The molecule has 0 saturated carbocycles. The van der Waals surface area contributed by atoms with Crippen molar-refractivity contribution in [2.75, 3.05) is 40.9 Å². The second-order valence-corrected chi connectivity index (χ2v) is 8.59. The number of hydrogen-bond donors (Lipinski definition) is 2. The molecule has 0 aliphatic carbocycles. The molecule has 26 heavy (non-hydrogen) atoms. The van der Waals surface area contributed by atoms with Gasteiger partial charge in [0.15, 0.2) is 0 Å². The zero-order valence-electron chi connectivity index (χ0n) is 17.2. The third kappa shape index (κ3) is 23.8. The zero-order valence-corrected chi connectivity index (χ0v) is 18.0. The highest BCUT2D eigenvalue weighted by atomic mass is 32.3. The summed E-state index contributed by atoms with van der Waals surface area (Å²) >= 11 is 0. The minimum absolute atomic E-state index is 0.125. The summed E-state index contributed by atoms with van der Waals surface area (Å²) < 4.78 is 31.8. The van der Waals surface area contributed by atoms with Crippen molar-refractivity contribution >= 4 is 10.4 Å². The van der Waals surface area contributed by atoms with E-state index < -0.39 is 16.5 Å². The number of nitrogens with zero attached hydrogens (tertiary/aromatic N) is 1. The lowest BCUT2D eigenvalue weighted by atomic mass is 10.1. The highest BCUT2D eigenvalue weighted by molar-refractivity contribution is 7.80. The van der Waals surface area contributed by atoms with Gasteiger partial charge >= 0.3 is 0 Å². The van der Waals surface area contributed by atoms with Gasteiger partial charge < -0.3 is 19.2 Å². The van der Waals surface area contributed by atoms with Crippen LogP contribution in [0.25, 0.3) is 0 Å². The van der Waals surface area contributed by atoms with Crippen LogP contribution in [0, 0.1) is 0 Å². The highest BCUT2D eigenvalue weighted by Crippen LogP contribution is 2.11. The van der Waals surface area contributed by atoms with Crippen molar-refractivity contribution in [1.82, 2.24) is 0 Å². The molecule has 0 aromatic carbocycles. The van der Waals surface area contributed by atoms with E-state index in [9.17, 15) is 18.1 Å². The summed E-state index contributed by atoms with van der Waals surface area (Å²) in [4.78, 5) is 0. The van der Waals surface area contributed by atoms with E-state index in [0.717, 1.165) is 18.1 Å². The second-order valence-electron chi connectivity index (χ2n) is 7.44. The van der Waals surface area contributed by atoms with Gasteiger partial charge in [0.05, 0.1) is 34.4 Å². The monoisotopic (exact) mass is 399 g/mol. The maximum atomic E-state index is 9.49. The van der Waals surface area contributed by atoms with E-state index in [-0.39, 0.29) is 6.61 Å².